The number of esters is 1. The Morgan fingerprint density at radius 2 is 2.00 bits per heavy atom. The highest BCUT2D eigenvalue weighted by Crippen LogP contribution is 2.38. The highest BCUT2D eigenvalue weighted by Gasteiger charge is 2.49. The maximum atomic E-state index is 11.8. The van der Waals surface area contributed by atoms with Gasteiger partial charge in [-0.25, -0.2) is 0 Å². The molecule has 0 heterocycles. The summed E-state index contributed by atoms with van der Waals surface area (Å²) in [5.74, 6) is -1.44. The first-order valence-electron chi connectivity index (χ1n) is 6.20. The van der Waals surface area contributed by atoms with Crippen molar-refractivity contribution >= 4 is 11.9 Å². The molecule has 0 spiro atoms. The van der Waals surface area contributed by atoms with Crippen molar-refractivity contribution in [2.75, 3.05) is 0 Å². The molecule has 4 nitrogen and oxygen atoms in total. The van der Waals surface area contributed by atoms with E-state index in [1.54, 1.807) is 30.3 Å². The summed E-state index contributed by atoms with van der Waals surface area (Å²) in [6.45, 7) is 1.29. The largest absolute Gasteiger partial charge is 0.480 e. The fraction of sp³-hybridized carbons (Fsp3) is 0.333. The van der Waals surface area contributed by atoms with E-state index >= 15 is 0 Å². The second-order valence-electron chi connectivity index (χ2n) is 4.64. The minimum absolute atomic E-state index is 0.417. The van der Waals surface area contributed by atoms with E-state index in [0.29, 0.717) is 18.4 Å². The monoisotopic (exact) mass is 260 g/mol. The molecule has 0 aromatic heterocycles. The van der Waals surface area contributed by atoms with Gasteiger partial charge in [-0.3, -0.25) is 9.59 Å². The lowest BCUT2D eigenvalue weighted by atomic mass is 9.69. The predicted molar refractivity (Wildman–Crippen MR) is 69.7 cm³/mol. The van der Waals surface area contributed by atoms with Crippen LogP contribution in [0.1, 0.15) is 25.3 Å². The summed E-state index contributed by atoms with van der Waals surface area (Å²) in [6.07, 6.45) is 3.84. The summed E-state index contributed by atoms with van der Waals surface area (Å²) >= 11 is 0. The van der Waals surface area contributed by atoms with Gasteiger partial charge >= 0.3 is 11.9 Å². The van der Waals surface area contributed by atoms with E-state index in [-0.39, 0.29) is 0 Å². The van der Waals surface area contributed by atoms with Crippen molar-refractivity contribution in [3.8, 4) is 0 Å². The van der Waals surface area contributed by atoms with Crippen LogP contribution >= 0.6 is 0 Å². The van der Waals surface area contributed by atoms with Gasteiger partial charge in [-0.1, -0.05) is 36.4 Å². The van der Waals surface area contributed by atoms with Crippen molar-refractivity contribution < 1.29 is 19.4 Å². The number of benzene rings is 1. The lowest BCUT2D eigenvalue weighted by molar-refractivity contribution is -0.157. The zero-order chi connectivity index (χ0) is 13.9. The fourth-order valence-electron chi connectivity index (χ4n) is 2.55. The van der Waals surface area contributed by atoms with Gasteiger partial charge in [0.2, 0.25) is 0 Å². The molecule has 0 amide bonds. The maximum absolute atomic E-state index is 11.8. The number of hydrogen-bond donors (Lipinski definition) is 1. The molecule has 1 aromatic carbocycles. The van der Waals surface area contributed by atoms with Crippen molar-refractivity contribution in [2.45, 2.75) is 31.3 Å². The molecule has 100 valence electrons. The van der Waals surface area contributed by atoms with Gasteiger partial charge in [-0.15, -0.1) is 0 Å². The molecule has 1 N–H and O–H groups in total. The summed E-state index contributed by atoms with van der Waals surface area (Å²) in [4.78, 5) is 23.0. The van der Waals surface area contributed by atoms with Crippen LogP contribution in [0.3, 0.4) is 0 Å². The molecule has 0 saturated carbocycles. The summed E-state index contributed by atoms with van der Waals surface area (Å²) in [5, 5.41) is 9.70. The van der Waals surface area contributed by atoms with E-state index in [0.717, 1.165) is 0 Å². The Kier molecular flexibility index (Phi) is 3.69. The van der Waals surface area contributed by atoms with Gasteiger partial charge in [0, 0.05) is 6.92 Å². The molecule has 2 unspecified atom stereocenters. The highest BCUT2D eigenvalue weighted by atomic mass is 16.5. The summed E-state index contributed by atoms with van der Waals surface area (Å²) in [5.41, 5.74) is -0.528. The zero-order valence-corrected chi connectivity index (χ0v) is 10.7. The Morgan fingerprint density at radius 1 is 1.32 bits per heavy atom. The fourth-order valence-corrected chi connectivity index (χ4v) is 2.55. The Morgan fingerprint density at radius 3 is 2.58 bits per heavy atom. The van der Waals surface area contributed by atoms with Crippen LogP contribution in [0.15, 0.2) is 42.5 Å². The van der Waals surface area contributed by atoms with Gasteiger partial charge < -0.3 is 9.84 Å². The molecule has 0 radical (unpaired) electrons. The van der Waals surface area contributed by atoms with E-state index < -0.39 is 23.5 Å². The molecule has 19 heavy (non-hydrogen) atoms. The van der Waals surface area contributed by atoms with Crippen LogP contribution in [0.4, 0.5) is 0 Å². The van der Waals surface area contributed by atoms with Gasteiger partial charge in [0.25, 0.3) is 0 Å². The van der Waals surface area contributed by atoms with Crippen LogP contribution in [0.25, 0.3) is 0 Å². The average Bonchev–Trinajstić information content (AvgIpc) is 2.39. The van der Waals surface area contributed by atoms with Crippen molar-refractivity contribution in [3.05, 3.63) is 48.0 Å². The third kappa shape index (κ3) is 2.38. The number of allylic oxidation sites excluding steroid dienone is 1. The second kappa shape index (κ2) is 5.26. The summed E-state index contributed by atoms with van der Waals surface area (Å²) in [7, 11) is 0. The number of rotatable bonds is 3. The standard InChI is InChI=1S/C15H16O4/c1-11(16)19-13-9-5-6-10-15(13,14(17)18)12-7-3-2-4-8-12/h2-5,7-9,13H,6,10H2,1H3,(H,17,18). The Bertz CT molecular complexity index is 506. The maximum Gasteiger partial charge on any atom is 0.318 e. The summed E-state index contributed by atoms with van der Waals surface area (Å²) in [6, 6.07) is 8.96. The van der Waals surface area contributed by atoms with Crippen LogP contribution < -0.4 is 0 Å². The normalized spacial score (nSPS) is 25.8. The van der Waals surface area contributed by atoms with Gasteiger partial charge in [0.05, 0.1) is 0 Å². The number of carboxylic acid groups (broad SMARTS) is 1. The SMILES string of the molecule is CC(=O)OC1C=CCCC1(C(=O)O)c1ccccc1. The van der Waals surface area contributed by atoms with Crippen LogP contribution in [-0.4, -0.2) is 23.1 Å². The van der Waals surface area contributed by atoms with E-state index in [1.807, 2.05) is 12.1 Å². The van der Waals surface area contributed by atoms with Crippen LogP contribution in [0.5, 0.6) is 0 Å². The van der Waals surface area contributed by atoms with E-state index in [1.165, 1.54) is 6.92 Å². The van der Waals surface area contributed by atoms with Crippen molar-refractivity contribution in [1.82, 2.24) is 0 Å². The first-order valence-corrected chi connectivity index (χ1v) is 6.20. The van der Waals surface area contributed by atoms with Crippen LogP contribution in [0.2, 0.25) is 0 Å². The second-order valence-corrected chi connectivity index (χ2v) is 4.64. The molecule has 0 saturated heterocycles. The smallest absolute Gasteiger partial charge is 0.318 e. The van der Waals surface area contributed by atoms with Crippen LogP contribution in [-0.2, 0) is 19.7 Å². The number of aliphatic carboxylic acids is 1. The molecule has 4 heteroatoms. The third-order valence-electron chi connectivity index (χ3n) is 3.47. The molecule has 0 fully saturated rings. The number of carbonyl (C=O) groups is 2. The topological polar surface area (TPSA) is 63.6 Å². The molecule has 2 atom stereocenters. The number of carboxylic acids is 1. The first-order chi connectivity index (χ1) is 9.07. The zero-order valence-electron chi connectivity index (χ0n) is 10.7. The number of carbonyl (C=O) groups excluding carboxylic acids is 1. The molecular formula is C15H16O4. The lowest BCUT2D eigenvalue weighted by Crippen LogP contribution is -2.49. The molecule has 0 aliphatic heterocycles. The van der Waals surface area contributed by atoms with Gasteiger partial charge in [-0.2, -0.15) is 0 Å². The van der Waals surface area contributed by atoms with Gasteiger partial charge in [0.15, 0.2) is 0 Å². The van der Waals surface area contributed by atoms with E-state index in [2.05, 4.69) is 0 Å². The number of ether oxygens (including phenoxy) is 1. The van der Waals surface area contributed by atoms with Gasteiger partial charge in [0.1, 0.15) is 11.5 Å². The Balaban J connectivity index is 2.51. The molecule has 2 rings (SSSR count). The minimum Gasteiger partial charge on any atom is -0.480 e. The van der Waals surface area contributed by atoms with Crippen LogP contribution in [0, 0.1) is 0 Å². The van der Waals surface area contributed by atoms with Gasteiger partial charge in [-0.05, 0) is 24.5 Å². The molecule has 1 aromatic rings. The lowest BCUT2D eigenvalue weighted by Gasteiger charge is -2.37. The molecule has 1 aliphatic carbocycles. The number of hydrogen-bond acceptors (Lipinski definition) is 3. The minimum atomic E-state index is -1.19. The quantitative estimate of drug-likeness (QED) is 0.669. The molecular weight excluding hydrogens is 244 g/mol. The average molecular weight is 260 g/mol. The van der Waals surface area contributed by atoms with Crippen molar-refractivity contribution in [2.24, 2.45) is 0 Å². The van der Waals surface area contributed by atoms with E-state index in [4.69, 9.17) is 4.74 Å². The predicted octanol–water partition coefficient (Wildman–Crippen LogP) is 2.29. The Hall–Kier alpha value is -2.10. The first kappa shape index (κ1) is 13.3. The molecule has 0 bridgehead atoms. The Labute approximate surface area is 111 Å². The van der Waals surface area contributed by atoms with Crippen molar-refractivity contribution in [1.29, 1.82) is 0 Å². The van der Waals surface area contributed by atoms with Crippen molar-refractivity contribution in [3.63, 3.8) is 0 Å². The summed E-state index contributed by atoms with van der Waals surface area (Å²) < 4.78 is 5.22. The third-order valence-corrected chi connectivity index (χ3v) is 3.47. The van der Waals surface area contributed by atoms with E-state index in [9.17, 15) is 14.7 Å². The highest BCUT2D eigenvalue weighted by molar-refractivity contribution is 5.84. The molecule has 1 aliphatic rings.